The first-order valence-electron chi connectivity index (χ1n) is 11.3. The zero-order valence-corrected chi connectivity index (χ0v) is 20.9. The molecule has 0 unspecified atom stereocenters. The van der Waals surface area contributed by atoms with Crippen molar-refractivity contribution in [2.75, 3.05) is 12.1 Å². The number of rotatable bonds is 6. The van der Waals surface area contributed by atoms with Gasteiger partial charge in [-0.2, -0.15) is 9.77 Å². The van der Waals surface area contributed by atoms with Crippen LogP contribution in [0.3, 0.4) is 0 Å². The molecule has 1 amide bonds. The number of nitrogens with zero attached hydrogens (tertiary/aromatic N) is 5. The largest absolute Gasteiger partial charge is 0.352 e. The van der Waals surface area contributed by atoms with Crippen molar-refractivity contribution >= 4 is 33.2 Å². The van der Waals surface area contributed by atoms with Crippen LogP contribution in [0.15, 0.2) is 76.6 Å². The minimum atomic E-state index is -0.993. The van der Waals surface area contributed by atoms with E-state index in [1.165, 1.54) is 41.1 Å². The highest BCUT2D eigenvalue weighted by atomic mass is 32.1. The van der Waals surface area contributed by atoms with Crippen molar-refractivity contribution in [1.82, 2.24) is 19.0 Å². The molecule has 0 aliphatic heterocycles. The first-order chi connectivity index (χ1) is 18.2. The number of ketones is 1. The summed E-state index contributed by atoms with van der Waals surface area (Å²) in [6.07, 6.45) is 3.20. The second-order valence-corrected chi connectivity index (χ2v) is 9.37. The summed E-state index contributed by atoms with van der Waals surface area (Å²) in [4.78, 5) is 53.8. The van der Waals surface area contributed by atoms with Crippen LogP contribution in [-0.4, -0.2) is 37.8 Å². The number of Topliss-reactive ketones (excluding diaryl/α,β-unsaturated/α-hetero) is 1. The van der Waals surface area contributed by atoms with E-state index in [-0.39, 0.29) is 21.3 Å². The van der Waals surface area contributed by atoms with Crippen LogP contribution in [0.4, 0.5) is 8.78 Å². The third-order valence-electron chi connectivity index (χ3n) is 6.03. The highest BCUT2D eigenvalue weighted by Gasteiger charge is 2.27. The van der Waals surface area contributed by atoms with Crippen molar-refractivity contribution in [2.45, 2.75) is 13.5 Å². The molecule has 9 nitrogen and oxygen atoms in total. The first kappa shape index (κ1) is 25.0. The summed E-state index contributed by atoms with van der Waals surface area (Å²) in [7, 11) is 1.16. The monoisotopic (exact) mass is 535 g/mol. The van der Waals surface area contributed by atoms with Crippen LogP contribution in [0.2, 0.25) is 0 Å². The molecule has 0 aliphatic rings. The van der Waals surface area contributed by atoms with Gasteiger partial charge in [-0.15, -0.1) is 0 Å². The fraction of sp³-hybridized carbons (Fsp3) is 0.115. The van der Waals surface area contributed by atoms with Crippen LogP contribution in [-0.2, 0) is 6.54 Å². The minimum absolute atomic E-state index is 0.0270. The molecule has 192 valence electrons. The van der Waals surface area contributed by atoms with Gasteiger partial charge in [0.2, 0.25) is 0 Å². The van der Waals surface area contributed by atoms with Crippen molar-refractivity contribution < 1.29 is 18.4 Å². The van der Waals surface area contributed by atoms with E-state index in [1.54, 1.807) is 25.4 Å². The molecule has 0 spiro atoms. The molecule has 5 rings (SSSR count). The predicted molar refractivity (Wildman–Crippen MR) is 138 cm³/mol. The molecule has 0 atom stereocenters. The van der Waals surface area contributed by atoms with Gasteiger partial charge in [0.25, 0.3) is 11.5 Å². The first-order valence-corrected chi connectivity index (χ1v) is 12.1. The number of amides is 1. The summed E-state index contributed by atoms with van der Waals surface area (Å²) in [5.41, 5.74) is -1.67. The molecule has 0 bridgehead atoms. The van der Waals surface area contributed by atoms with Gasteiger partial charge in [0.1, 0.15) is 21.5 Å². The third-order valence-corrected chi connectivity index (χ3v) is 7.33. The maximum atomic E-state index is 14.4. The number of hydrogen-bond donors (Lipinski definition) is 0. The van der Waals surface area contributed by atoms with E-state index in [4.69, 9.17) is 0 Å². The quantitative estimate of drug-likeness (QED) is 0.311. The maximum absolute atomic E-state index is 14.4. The summed E-state index contributed by atoms with van der Waals surface area (Å²) < 4.78 is 31.3. The van der Waals surface area contributed by atoms with Gasteiger partial charge in [-0.25, -0.2) is 23.3 Å². The highest BCUT2D eigenvalue weighted by Crippen LogP contribution is 2.30. The summed E-state index contributed by atoms with van der Waals surface area (Å²) in [6, 6.07) is 11.9. The molecule has 38 heavy (non-hydrogen) atoms. The molecule has 0 fully saturated rings. The van der Waals surface area contributed by atoms with Crippen LogP contribution in [0.25, 0.3) is 15.2 Å². The van der Waals surface area contributed by atoms with E-state index in [9.17, 15) is 28.0 Å². The maximum Gasteiger partial charge on any atom is 0.352 e. The van der Waals surface area contributed by atoms with Gasteiger partial charge in [-0.05, 0) is 37.3 Å². The van der Waals surface area contributed by atoms with Gasteiger partial charge in [-0.3, -0.25) is 19.0 Å². The Labute approximate surface area is 217 Å². The molecule has 2 aromatic carbocycles. The highest BCUT2D eigenvalue weighted by molar-refractivity contribution is 7.21. The Hall–Kier alpha value is -4.71. The lowest BCUT2D eigenvalue weighted by atomic mass is 10.1. The van der Waals surface area contributed by atoms with Crippen LogP contribution in [0, 0.1) is 18.6 Å². The van der Waals surface area contributed by atoms with Crippen molar-refractivity contribution in [3.05, 3.63) is 116 Å². The zero-order chi connectivity index (χ0) is 27.1. The average Bonchev–Trinajstić information content (AvgIpc) is 3.54. The van der Waals surface area contributed by atoms with Gasteiger partial charge in [0.05, 0.1) is 17.5 Å². The topological polar surface area (TPSA) is 99.2 Å². The lowest BCUT2D eigenvalue weighted by Crippen LogP contribution is -2.53. The van der Waals surface area contributed by atoms with Crippen molar-refractivity contribution in [2.24, 2.45) is 0 Å². The number of fused-ring (bicyclic) bond motifs is 1. The fourth-order valence-corrected chi connectivity index (χ4v) is 5.37. The Balaban J connectivity index is 1.74. The summed E-state index contributed by atoms with van der Waals surface area (Å²) >= 11 is 1.06. The van der Waals surface area contributed by atoms with Crippen LogP contribution in [0.1, 0.15) is 26.3 Å². The van der Waals surface area contributed by atoms with Crippen LogP contribution < -0.4 is 16.3 Å². The van der Waals surface area contributed by atoms with Crippen LogP contribution >= 0.6 is 11.3 Å². The number of carbonyl (C=O) groups is 2. The Morgan fingerprint density at radius 1 is 1.05 bits per heavy atom. The molecule has 0 saturated heterocycles. The molecule has 0 aliphatic carbocycles. The van der Waals surface area contributed by atoms with E-state index in [0.29, 0.717) is 15.2 Å². The van der Waals surface area contributed by atoms with E-state index in [0.717, 1.165) is 40.1 Å². The molecule has 3 heterocycles. The molecular weight excluding hydrogens is 516 g/mol. The SMILES string of the molecule is Cc1c(-n2cccn2)sc2c1c(=O)n(N(C)C(=O)c1ccccc1F)c(=O)n2CC(=O)c1cccc(F)c1. The lowest BCUT2D eigenvalue weighted by molar-refractivity contribution is 0.0960. The van der Waals surface area contributed by atoms with Gasteiger partial charge in [0.15, 0.2) is 5.78 Å². The molecule has 0 saturated carbocycles. The predicted octanol–water partition coefficient (Wildman–Crippen LogP) is 3.29. The fourth-order valence-electron chi connectivity index (χ4n) is 4.13. The summed E-state index contributed by atoms with van der Waals surface area (Å²) in [5, 5.41) is 5.52. The molecule has 5 aromatic rings. The Morgan fingerprint density at radius 2 is 1.82 bits per heavy atom. The van der Waals surface area contributed by atoms with E-state index < -0.39 is 41.1 Å². The van der Waals surface area contributed by atoms with Gasteiger partial charge < -0.3 is 0 Å². The van der Waals surface area contributed by atoms with Gasteiger partial charge in [-0.1, -0.05) is 35.6 Å². The van der Waals surface area contributed by atoms with Gasteiger partial charge in [0, 0.05) is 30.6 Å². The number of aryl methyl sites for hydroxylation is 1. The number of carbonyl (C=O) groups excluding carboxylic acids is 2. The van der Waals surface area contributed by atoms with Crippen molar-refractivity contribution in [1.29, 1.82) is 0 Å². The molecule has 12 heteroatoms. The zero-order valence-electron chi connectivity index (χ0n) is 20.1. The normalized spacial score (nSPS) is 11.2. The second kappa shape index (κ2) is 9.63. The summed E-state index contributed by atoms with van der Waals surface area (Å²) in [5.74, 6) is -2.98. The number of thiophene rings is 1. The molecule has 0 radical (unpaired) electrons. The average molecular weight is 536 g/mol. The molecular formula is C26H19F2N5O4S. The second-order valence-electron chi connectivity index (χ2n) is 8.39. The van der Waals surface area contributed by atoms with Crippen molar-refractivity contribution in [3.63, 3.8) is 0 Å². The van der Waals surface area contributed by atoms with Crippen molar-refractivity contribution in [3.8, 4) is 5.00 Å². The standard InChI is InChI=1S/C26H19F2N5O4S/c1-15-21-23(36)33(30(2)22(35)18-9-3-4-10-19(18)28)26(37)31(14-20(34)16-7-5-8-17(27)13-16)25(21)38-24(15)32-12-6-11-29-32/h3-13H,14H2,1-2H3. The molecule has 0 N–H and O–H groups in total. The molecule has 3 aromatic heterocycles. The number of benzene rings is 2. The number of aromatic nitrogens is 4. The van der Waals surface area contributed by atoms with Gasteiger partial charge >= 0.3 is 5.69 Å². The smallest absolute Gasteiger partial charge is 0.292 e. The summed E-state index contributed by atoms with van der Waals surface area (Å²) in [6.45, 7) is 1.11. The minimum Gasteiger partial charge on any atom is -0.292 e. The Morgan fingerprint density at radius 3 is 2.50 bits per heavy atom. The van der Waals surface area contributed by atoms with E-state index >= 15 is 0 Å². The number of hydrogen-bond acceptors (Lipinski definition) is 6. The van der Waals surface area contributed by atoms with Crippen LogP contribution in [0.5, 0.6) is 0 Å². The lowest BCUT2D eigenvalue weighted by Gasteiger charge is -2.20. The van der Waals surface area contributed by atoms with E-state index in [2.05, 4.69) is 5.10 Å². The Kier molecular flexibility index (Phi) is 6.33. The number of halogens is 2. The third kappa shape index (κ3) is 4.14. The van der Waals surface area contributed by atoms with E-state index in [1.807, 2.05) is 0 Å². The Bertz CT molecular complexity index is 1840.